The third-order valence-electron chi connectivity index (χ3n) is 6.36. The highest BCUT2D eigenvalue weighted by atomic mass is 19.1. The van der Waals surface area contributed by atoms with Gasteiger partial charge in [0.2, 0.25) is 0 Å². The highest BCUT2D eigenvalue weighted by Crippen LogP contribution is 2.29. The molecule has 10 nitrogen and oxygen atoms in total. The van der Waals surface area contributed by atoms with Gasteiger partial charge in [-0.15, -0.1) is 0 Å². The molecule has 1 aliphatic rings. The molecule has 1 N–H and O–H groups in total. The van der Waals surface area contributed by atoms with Gasteiger partial charge in [-0.25, -0.2) is 18.4 Å². The molecule has 12 heteroatoms. The van der Waals surface area contributed by atoms with Crippen LogP contribution in [0.2, 0.25) is 0 Å². The van der Waals surface area contributed by atoms with Gasteiger partial charge >= 0.3 is 11.8 Å². The summed E-state index contributed by atoms with van der Waals surface area (Å²) < 4.78 is 47.0. The van der Waals surface area contributed by atoms with Gasteiger partial charge in [0, 0.05) is 38.2 Å². The molecule has 0 aliphatic carbocycles. The SMILES string of the molecule is Cn1c(=O)oc2cc(F)c(-c3ccc(C[C@@H](C#N)NC(=O)C4CN(C(=O)OC(C)(C)C)CCCO4)c(F)c3)cc21. The van der Waals surface area contributed by atoms with Crippen LogP contribution in [0.3, 0.4) is 0 Å². The van der Waals surface area contributed by atoms with Crippen molar-refractivity contribution in [1.82, 2.24) is 14.8 Å². The Morgan fingerprint density at radius 3 is 2.65 bits per heavy atom. The van der Waals surface area contributed by atoms with E-state index >= 15 is 4.39 Å². The number of carbonyl (C=O) groups is 2. The normalized spacial score (nSPS) is 16.7. The van der Waals surface area contributed by atoms with E-state index in [2.05, 4.69) is 5.32 Å². The number of nitriles is 1. The van der Waals surface area contributed by atoms with E-state index in [1.165, 1.54) is 34.7 Å². The molecular weight excluding hydrogens is 526 g/mol. The van der Waals surface area contributed by atoms with Gasteiger partial charge in [0.15, 0.2) is 11.7 Å². The fourth-order valence-corrected chi connectivity index (χ4v) is 4.34. The highest BCUT2D eigenvalue weighted by Gasteiger charge is 2.31. The summed E-state index contributed by atoms with van der Waals surface area (Å²) in [5, 5.41) is 12.2. The molecule has 2 amide bonds. The van der Waals surface area contributed by atoms with Crippen LogP contribution in [0.1, 0.15) is 32.8 Å². The van der Waals surface area contributed by atoms with Crippen LogP contribution in [-0.4, -0.2) is 58.9 Å². The summed E-state index contributed by atoms with van der Waals surface area (Å²) in [5.41, 5.74) is 0.142. The number of nitrogens with zero attached hydrogens (tertiary/aromatic N) is 3. The molecule has 0 spiro atoms. The summed E-state index contributed by atoms with van der Waals surface area (Å²) in [6, 6.07) is 7.35. The first kappa shape index (κ1) is 28.8. The zero-order valence-electron chi connectivity index (χ0n) is 22.6. The van der Waals surface area contributed by atoms with Crippen LogP contribution >= 0.6 is 0 Å². The number of carbonyl (C=O) groups excluding carboxylic acids is 2. The van der Waals surface area contributed by atoms with E-state index in [0.717, 1.165) is 12.1 Å². The molecule has 1 fully saturated rings. The lowest BCUT2D eigenvalue weighted by Gasteiger charge is -2.27. The topological polar surface area (TPSA) is 127 Å². The Morgan fingerprint density at radius 1 is 1.23 bits per heavy atom. The fourth-order valence-electron chi connectivity index (χ4n) is 4.34. The molecule has 0 radical (unpaired) electrons. The molecule has 1 aliphatic heterocycles. The number of benzene rings is 2. The van der Waals surface area contributed by atoms with Gasteiger partial charge in [0.25, 0.3) is 5.91 Å². The zero-order valence-corrected chi connectivity index (χ0v) is 22.6. The third kappa shape index (κ3) is 6.48. The zero-order chi connectivity index (χ0) is 29.2. The smallest absolute Gasteiger partial charge is 0.419 e. The van der Waals surface area contributed by atoms with Crippen molar-refractivity contribution in [2.24, 2.45) is 7.05 Å². The van der Waals surface area contributed by atoms with Crippen molar-refractivity contribution in [1.29, 1.82) is 5.26 Å². The number of hydrogen-bond acceptors (Lipinski definition) is 7. The lowest BCUT2D eigenvalue weighted by atomic mass is 9.99. The summed E-state index contributed by atoms with van der Waals surface area (Å²) in [7, 11) is 1.48. The maximum absolute atomic E-state index is 15.1. The first-order valence-electron chi connectivity index (χ1n) is 12.7. The second-order valence-electron chi connectivity index (χ2n) is 10.6. The molecule has 2 atom stereocenters. The molecule has 2 aromatic carbocycles. The number of hydrogen-bond donors (Lipinski definition) is 1. The molecule has 1 unspecified atom stereocenters. The van der Waals surface area contributed by atoms with E-state index in [9.17, 15) is 24.0 Å². The van der Waals surface area contributed by atoms with Crippen LogP contribution in [0.5, 0.6) is 0 Å². The fraction of sp³-hybridized carbons (Fsp3) is 0.429. The predicted molar refractivity (Wildman–Crippen MR) is 140 cm³/mol. The molecule has 1 saturated heterocycles. The van der Waals surface area contributed by atoms with Crippen molar-refractivity contribution >= 4 is 23.1 Å². The van der Waals surface area contributed by atoms with Gasteiger partial charge in [-0.1, -0.05) is 12.1 Å². The van der Waals surface area contributed by atoms with E-state index < -0.39 is 47.1 Å². The van der Waals surface area contributed by atoms with Crippen molar-refractivity contribution in [3.63, 3.8) is 0 Å². The van der Waals surface area contributed by atoms with Gasteiger partial charge in [-0.05, 0) is 50.5 Å². The van der Waals surface area contributed by atoms with Crippen molar-refractivity contribution in [2.75, 3.05) is 19.7 Å². The molecular formula is C28H30F2N4O6. The molecule has 0 saturated carbocycles. The number of aromatic nitrogens is 1. The Kier molecular flexibility index (Phi) is 8.25. The van der Waals surface area contributed by atoms with Crippen LogP contribution in [0.15, 0.2) is 39.5 Å². The molecule has 2 heterocycles. The lowest BCUT2D eigenvalue weighted by Crippen LogP contribution is -2.48. The Balaban J connectivity index is 1.46. The average Bonchev–Trinajstić information content (AvgIpc) is 3.03. The number of oxazole rings is 1. The summed E-state index contributed by atoms with van der Waals surface area (Å²) >= 11 is 0. The number of amides is 2. The largest absolute Gasteiger partial charge is 0.444 e. The van der Waals surface area contributed by atoms with Gasteiger partial charge in [0.05, 0.1) is 18.1 Å². The van der Waals surface area contributed by atoms with E-state index in [-0.39, 0.29) is 41.8 Å². The number of halogens is 2. The maximum atomic E-state index is 15.1. The summed E-state index contributed by atoms with van der Waals surface area (Å²) in [6.07, 6.45) is -1.25. The quantitative estimate of drug-likeness (QED) is 0.508. The molecule has 0 bridgehead atoms. The van der Waals surface area contributed by atoms with Crippen LogP contribution in [0, 0.1) is 23.0 Å². The Morgan fingerprint density at radius 2 is 1.98 bits per heavy atom. The van der Waals surface area contributed by atoms with Crippen molar-refractivity contribution in [2.45, 2.75) is 51.4 Å². The standard InChI is InChI=1S/C28H30F2N4O6/c1-28(2,3)40-27(37)34-8-5-9-38-24(15-34)25(35)32-18(14-31)10-17-7-6-16(11-20(17)29)19-12-22-23(13-21(19)30)39-26(36)33(22)4/h6-7,11-13,18,24H,5,8-10,15H2,1-4H3,(H,32,35)/t18-,24?/m0/s1. The van der Waals surface area contributed by atoms with Gasteiger partial charge < -0.3 is 24.1 Å². The monoisotopic (exact) mass is 556 g/mol. The van der Waals surface area contributed by atoms with E-state index in [0.29, 0.717) is 18.5 Å². The van der Waals surface area contributed by atoms with Crippen LogP contribution in [-0.2, 0) is 27.7 Å². The summed E-state index contributed by atoms with van der Waals surface area (Å²) in [6.45, 7) is 5.75. The Hall–Kier alpha value is -4.24. The lowest BCUT2D eigenvalue weighted by molar-refractivity contribution is -0.133. The van der Waals surface area contributed by atoms with Gasteiger partial charge in [-0.3, -0.25) is 9.36 Å². The number of ether oxygens (including phenoxy) is 2. The number of aryl methyl sites for hydroxylation is 1. The number of fused-ring (bicyclic) bond motifs is 1. The van der Waals surface area contributed by atoms with Crippen molar-refractivity contribution in [3.05, 3.63) is 58.1 Å². The van der Waals surface area contributed by atoms with Crippen LogP contribution in [0.25, 0.3) is 22.2 Å². The van der Waals surface area contributed by atoms with Crippen molar-refractivity contribution < 1.29 is 32.3 Å². The average molecular weight is 557 g/mol. The summed E-state index contributed by atoms with van der Waals surface area (Å²) in [4.78, 5) is 38.6. The first-order chi connectivity index (χ1) is 18.9. The van der Waals surface area contributed by atoms with E-state index in [1.807, 2.05) is 6.07 Å². The van der Waals surface area contributed by atoms with Crippen LogP contribution in [0.4, 0.5) is 13.6 Å². The minimum absolute atomic E-state index is 0.0554. The van der Waals surface area contributed by atoms with E-state index in [1.54, 1.807) is 20.8 Å². The molecule has 3 aromatic rings. The molecule has 40 heavy (non-hydrogen) atoms. The first-order valence-corrected chi connectivity index (χ1v) is 12.7. The van der Waals surface area contributed by atoms with Crippen molar-refractivity contribution in [3.8, 4) is 17.2 Å². The van der Waals surface area contributed by atoms with Gasteiger partial charge in [-0.2, -0.15) is 5.26 Å². The van der Waals surface area contributed by atoms with Gasteiger partial charge in [0.1, 0.15) is 23.3 Å². The second-order valence-corrected chi connectivity index (χ2v) is 10.6. The highest BCUT2D eigenvalue weighted by molar-refractivity contribution is 5.83. The minimum atomic E-state index is -1.09. The Bertz CT molecular complexity index is 1530. The summed E-state index contributed by atoms with van der Waals surface area (Å²) in [5.74, 6) is -2.65. The number of rotatable bonds is 5. The third-order valence-corrected chi connectivity index (χ3v) is 6.36. The second kappa shape index (κ2) is 11.5. The Labute approximate surface area is 229 Å². The number of nitrogens with one attached hydrogen (secondary N) is 1. The molecule has 4 rings (SSSR count). The molecule has 212 valence electrons. The van der Waals surface area contributed by atoms with E-state index in [4.69, 9.17) is 13.9 Å². The predicted octanol–water partition coefficient (Wildman–Crippen LogP) is 3.65. The molecule has 1 aromatic heterocycles. The maximum Gasteiger partial charge on any atom is 0.419 e. The minimum Gasteiger partial charge on any atom is -0.444 e. The van der Waals surface area contributed by atoms with Crippen LogP contribution < -0.4 is 11.1 Å².